The maximum Gasteiger partial charge on any atom is 0.306 e. The van der Waals surface area contributed by atoms with Crippen molar-refractivity contribution in [3.05, 3.63) is 0 Å². The van der Waals surface area contributed by atoms with Crippen LogP contribution in [-0.2, 0) is 28.6 Å². The average Bonchev–Trinajstić information content (AvgIpc) is 3.20. The van der Waals surface area contributed by atoms with Crippen molar-refractivity contribution in [2.45, 2.75) is 298 Å². The SMILES string of the molecule is CC(C)CCCCCCCCCCCCCCC(=O)OC[C@H](COC(=O)CCCCCCCCCCCC(C)C)OC(=O)CCCCCCCCCCCCCCC(C)C. The zero-order valence-corrected chi connectivity index (χ0v) is 41.3. The fraction of sp³-hybridized carbons (Fsp3) is 0.944. The average molecular weight is 849 g/mol. The molecule has 0 aliphatic carbocycles. The summed E-state index contributed by atoms with van der Waals surface area (Å²) < 4.78 is 16.8. The van der Waals surface area contributed by atoms with Crippen molar-refractivity contribution < 1.29 is 28.6 Å². The van der Waals surface area contributed by atoms with Gasteiger partial charge in [0.1, 0.15) is 13.2 Å². The molecular weight excluding hydrogens is 745 g/mol. The zero-order valence-electron chi connectivity index (χ0n) is 41.3. The fourth-order valence-corrected chi connectivity index (χ4v) is 8.12. The lowest BCUT2D eigenvalue weighted by Gasteiger charge is -2.18. The van der Waals surface area contributed by atoms with Gasteiger partial charge in [-0.3, -0.25) is 14.4 Å². The monoisotopic (exact) mass is 849 g/mol. The summed E-state index contributed by atoms with van der Waals surface area (Å²) >= 11 is 0. The Hall–Kier alpha value is -1.59. The second-order valence-corrected chi connectivity index (χ2v) is 19.9. The van der Waals surface area contributed by atoms with Gasteiger partial charge < -0.3 is 14.2 Å². The van der Waals surface area contributed by atoms with Gasteiger partial charge in [0.15, 0.2) is 6.10 Å². The van der Waals surface area contributed by atoms with Crippen LogP contribution in [0.25, 0.3) is 0 Å². The summed E-state index contributed by atoms with van der Waals surface area (Å²) in [6, 6.07) is 0. The molecule has 60 heavy (non-hydrogen) atoms. The van der Waals surface area contributed by atoms with Gasteiger partial charge in [-0.15, -0.1) is 0 Å². The van der Waals surface area contributed by atoms with E-state index >= 15 is 0 Å². The Labute approximate surface area is 374 Å². The number of ether oxygens (including phenoxy) is 3. The lowest BCUT2D eigenvalue weighted by atomic mass is 10.0. The van der Waals surface area contributed by atoms with Crippen LogP contribution >= 0.6 is 0 Å². The minimum absolute atomic E-state index is 0.0645. The largest absolute Gasteiger partial charge is 0.462 e. The smallest absolute Gasteiger partial charge is 0.306 e. The summed E-state index contributed by atoms with van der Waals surface area (Å²) in [7, 11) is 0. The molecule has 0 aliphatic rings. The Bertz CT molecular complexity index is 929. The van der Waals surface area contributed by atoms with Gasteiger partial charge in [-0.1, -0.05) is 253 Å². The first-order valence-corrected chi connectivity index (χ1v) is 26.6. The molecule has 0 aromatic heterocycles. The Kier molecular flexibility index (Phi) is 44.2. The number of carbonyl (C=O) groups excluding carboxylic acids is 3. The van der Waals surface area contributed by atoms with E-state index in [0.717, 1.165) is 75.5 Å². The maximum atomic E-state index is 12.8. The summed E-state index contributed by atoms with van der Waals surface area (Å²) in [6.45, 7) is 13.7. The molecule has 0 spiro atoms. The van der Waals surface area contributed by atoms with E-state index in [4.69, 9.17) is 14.2 Å². The van der Waals surface area contributed by atoms with Crippen LogP contribution < -0.4 is 0 Å². The van der Waals surface area contributed by atoms with E-state index in [1.165, 1.54) is 173 Å². The minimum Gasteiger partial charge on any atom is -0.462 e. The van der Waals surface area contributed by atoms with Crippen molar-refractivity contribution in [2.75, 3.05) is 13.2 Å². The Morgan fingerprint density at radius 3 is 0.717 bits per heavy atom. The van der Waals surface area contributed by atoms with E-state index in [1.807, 2.05) is 0 Å². The lowest BCUT2D eigenvalue weighted by Crippen LogP contribution is -2.30. The zero-order chi connectivity index (χ0) is 44.2. The molecule has 0 aromatic rings. The molecule has 0 amide bonds. The van der Waals surface area contributed by atoms with E-state index in [2.05, 4.69) is 41.5 Å². The minimum atomic E-state index is -0.763. The van der Waals surface area contributed by atoms with Gasteiger partial charge in [0.05, 0.1) is 0 Å². The molecule has 6 nitrogen and oxygen atoms in total. The number of rotatable bonds is 47. The summed E-state index contributed by atoms with van der Waals surface area (Å²) in [5.74, 6) is 1.62. The molecule has 0 N–H and O–H groups in total. The van der Waals surface area contributed by atoms with Crippen LogP contribution in [0.15, 0.2) is 0 Å². The summed E-state index contributed by atoms with van der Waals surface area (Å²) in [5, 5.41) is 0. The standard InChI is InChI=1S/C54H104O6/c1-48(2)40-34-28-22-16-11-7-9-13-19-25-31-37-43-52(55)58-46-51(47-59-53(56)44-38-32-26-21-15-18-24-30-36-42-50(5)6)60-54(57)45-39-33-27-20-14-10-8-12-17-23-29-35-41-49(3)4/h48-51H,7-47H2,1-6H3/t51-/m1/s1. The molecule has 0 unspecified atom stereocenters. The molecular formula is C54H104O6. The first-order chi connectivity index (χ1) is 29.1. The lowest BCUT2D eigenvalue weighted by molar-refractivity contribution is -0.167. The number of carbonyl (C=O) groups is 3. The van der Waals surface area contributed by atoms with E-state index in [0.29, 0.717) is 19.3 Å². The highest BCUT2D eigenvalue weighted by Crippen LogP contribution is 2.18. The second kappa shape index (κ2) is 45.4. The first-order valence-electron chi connectivity index (χ1n) is 26.6. The van der Waals surface area contributed by atoms with Crippen LogP contribution in [0.2, 0.25) is 0 Å². The van der Waals surface area contributed by atoms with Crippen molar-refractivity contribution in [3.8, 4) is 0 Å². The topological polar surface area (TPSA) is 78.9 Å². The van der Waals surface area contributed by atoms with E-state index < -0.39 is 6.10 Å². The highest BCUT2D eigenvalue weighted by atomic mass is 16.6. The maximum absolute atomic E-state index is 12.8. The molecule has 0 saturated heterocycles. The van der Waals surface area contributed by atoms with Gasteiger partial charge in [-0.05, 0) is 37.0 Å². The fourth-order valence-electron chi connectivity index (χ4n) is 8.12. The van der Waals surface area contributed by atoms with Crippen LogP contribution in [0.4, 0.5) is 0 Å². The van der Waals surface area contributed by atoms with Crippen molar-refractivity contribution >= 4 is 17.9 Å². The van der Waals surface area contributed by atoms with Gasteiger partial charge in [0.25, 0.3) is 0 Å². The number of hydrogen-bond donors (Lipinski definition) is 0. The Balaban J connectivity index is 4.32. The normalized spacial score (nSPS) is 12.2. The number of unbranched alkanes of at least 4 members (excludes halogenated alkanes) is 30. The van der Waals surface area contributed by atoms with Crippen LogP contribution in [0.5, 0.6) is 0 Å². The highest BCUT2D eigenvalue weighted by molar-refractivity contribution is 5.71. The van der Waals surface area contributed by atoms with Gasteiger partial charge >= 0.3 is 17.9 Å². The predicted molar refractivity (Wildman–Crippen MR) is 256 cm³/mol. The third-order valence-corrected chi connectivity index (χ3v) is 12.1. The molecule has 0 rings (SSSR count). The quantitative estimate of drug-likeness (QED) is 0.0345. The van der Waals surface area contributed by atoms with Gasteiger partial charge in [0, 0.05) is 19.3 Å². The van der Waals surface area contributed by atoms with Gasteiger partial charge in [-0.25, -0.2) is 0 Å². The number of hydrogen-bond acceptors (Lipinski definition) is 6. The molecule has 0 bridgehead atoms. The summed E-state index contributed by atoms with van der Waals surface area (Å²) in [4.78, 5) is 38.0. The molecule has 0 aliphatic heterocycles. The second-order valence-electron chi connectivity index (χ2n) is 19.9. The molecule has 356 valence electrons. The first kappa shape index (κ1) is 58.4. The van der Waals surface area contributed by atoms with Crippen LogP contribution in [0.3, 0.4) is 0 Å². The van der Waals surface area contributed by atoms with Crippen LogP contribution in [-0.4, -0.2) is 37.2 Å². The molecule has 0 saturated carbocycles. The van der Waals surface area contributed by atoms with E-state index in [9.17, 15) is 14.4 Å². The van der Waals surface area contributed by atoms with Gasteiger partial charge in [-0.2, -0.15) is 0 Å². The van der Waals surface area contributed by atoms with E-state index in [1.54, 1.807) is 0 Å². The van der Waals surface area contributed by atoms with E-state index in [-0.39, 0.29) is 31.1 Å². The van der Waals surface area contributed by atoms with Crippen molar-refractivity contribution in [1.82, 2.24) is 0 Å². The Morgan fingerprint density at radius 1 is 0.283 bits per heavy atom. The third-order valence-electron chi connectivity index (χ3n) is 12.1. The Morgan fingerprint density at radius 2 is 0.483 bits per heavy atom. The predicted octanol–water partition coefficient (Wildman–Crippen LogP) is 17.2. The summed E-state index contributed by atoms with van der Waals surface area (Å²) in [6.07, 6.45) is 45.2. The van der Waals surface area contributed by atoms with Crippen molar-refractivity contribution in [2.24, 2.45) is 17.8 Å². The molecule has 0 aromatic carbocycles. The van der Waals surface area contributed by atoms with Crippen molar-refractivity contribution in [3.63, 3.8) is 0 Å². The third kappa shape index (κ3) is 47.5. The molecule has 0 fully saturated rings. The molecule has 6 heteroatoms. The molecule has 1 atom stereocenters. The van der Waals surface area contributed by atoms with Crippen LogP contribution in [0, 0.1) is 17.8 Å². The highest BCUT2D eigenvalue weighted by Gasteiger charge is 2.19. The van der Waals surface area contributed by atoms with Gasteiger partial charge in [0.2, 0.25) is 0 Å². The van der Waals surface area contributed by atoms with Crippen molar-refractivity contribution in [1.29, 1.82) is 0 Å². The number of esters is 3. The summed E-state index contributed by atoms with van der Waals surface area (Å²) in [5.41, 5.74) is 0. The molecule has 0 heterocycles. The molecule has 0 radical (unpaired) electrons. The van der Waals surface area contributed by atoms with Crippen LogP contribution in [0.1, 0.15) is 292 Å².